The molecule has 6 nitrogen and oxygen atoms in total. The summed E-state index contributed by atoms with van der Waals surface area (Å²) in [6, 6.07) is 19.1. The van der Waals surface area contributed by atoms with Crippen LogP contribution in [0.4, 0.5) is 11.4 Å². The van der Waals surface area contributed by atoms with Gasteiger partial charge in [-0.25, -0.2) is 0 Å². The van der Waals surface area contributed by atoms with Crippen molar-refractivity contribution in [3.8, 4) is 0 Å². The average molecular weight is 359 g/mol. The van der Waals surface area contributed by atoms with Crippen molar-refractivity contribution in [2.45, 2.75) is 12.5 Å². The Balaban J connectivity index is 1.51. The monoisotopic (exact) mass is 359 g/mol. The van der Waals surface area contributed by atoms with E-state index in [-0.39, 0.29) is 18.2 Å². The number of benzene rings is 3. The molecule has 3 N–H and O–H groups in total. The lowest BCUT2D eigenvalue weighted by Gasteiger charge is -2.15. The lowest BCUT2D eigenvalue weighted by Crippen LogP contribution is -2.43. The summed E-state index contributed by atoms with van der Waals surface area (Å²) in [4.78, 5) is 37.3. The van der Waals surface area contributed by atoms with Crippen LogP contribution in [0.3, 0.4) is 0 Å². The Morgan fingerprint density at radius 3 is 2.56 bits per heavy atom. The van der Waals surface area contributed by atoms with E-state index in [4.69, 9.17) is 0 Å². The first-order valence-corrected chi connectivity index (χ1v) is 8.60. The van der Waals surface area contributed by atoms with Crippen LogP contribution in [0.1, 0.15) is 16.8 Å². The number of nitrogens with one attached hydrogen (secondary N) is 3. The van der Waals surface area contributed by atoms with Crippen molar-refractivity contribution < 1.29 is 14.4 Å². The highest BCUT2D eigenvalue weighted by Gasteiger charge is 2.29. The molecule has 0 saturated heterocycles. The third-order valence-electron chi connectivity index (χ3n) is 4.50. The molecule has 27 heavy (non-hydrogen) atoms. The van der Waals surface area contributed by atoms with E-state index in [0.29, 0.717) is 16.9 Å². The van der Waals surface area contributed by atoms with Gasteiger partial charge in [-0.3, -0.25) is 14.4 Å². The topological polar surface area (TPSA) is 87.3 Å². The molecule has 6 heteroatoms. The van der Waals surface area contributed by atoms with E-state index >= 15 is 0 Å². The second kappa shape index (κ2) is 6.92. The third kappa shape index (κ3) is 3.37. The first-order chi connectivity index (χ1) is 13.1. The molecule has 0 radical (unpaired) electrons. The highest BCUT2D eigenvalue weighted by molar-refractivity contribution is 6.11. The lowest BCUT2D eigenvalue weighted by atomic mass is 10.1. The number of amides is 3. The van der Waals surface area contributed by atoms with Crippen LogP contribution < -0.4 is 16.0 Å². The minimum Gasteiger partial charge on any atom is -0.340 e. The number of para-hydroxylation sites is 1. The summed E-state index contributed by atoms with van der Waals surface area (Å²) in [6.45, 7) is 0. The molecule has 4 rings (SSSR count). The molecule has 0 aliphatic carbocycles. The maximum atomic E-state index is 12.5. The van der Waals surface area contributed by atoms with Gasteiger partial charge in [-0.05, 0) is 23.6 Å². The average Bonchev–Trinajstić information content (AvgIpc) is 2.79. The van der Waals surface area contributed by atoms with E-state index in [0.717, 1.165) is 10.8 Å². The van der Waals surface area contributed by atoms with Crippen molar-refractivity contribution in [3.05, 3.63) is 72.3 Å². The van der Waals surface area contributed by atoms with Crippen LogP contribution >= 0.6 is 0 Å². The largest absolute Gasteiger partial charge is 0.340 e. The second-order valence-electron chi connectivity index (χ2n) is 6.34. The second-order valence-corrected chi connectivity index (χ2v) is 6.34. The Morgan fingerprint density at radius 1 is 0.926 bits per heavy atom. The zero-order valence-electron chi connectivity index (χ0n) is 14.4. The molecule has 0 aromatic heterocycles. The maximum absolute atomic E-state index is 12.5. The predicted molar refractivity (Wildman–Crippen MR) is 104 cm³/mol. The fraction of sp³-hybridized carbons (Fsp3) is 0.0952. The third-order valence-corrected chi connectivity index (χ3v) is 4.50. The minimum atomic E-state index is -0.945. The van der Waals surface area contributed by atoms with Gasteiger partial charge in [0, 0.05) is 11.1 Å². The Morgan fingerprint density at radius 2 is 1.67 bits per heavy atom. The summed E-state index contributed by atoms with van der Waals surface area (Å²) in [7, 11) is 0. The van der Waals surface area contributed by atoms with E-state index in [1.54, 1.807) is 24.3 Å². The molecule has 3 amide bonds. The first-order valence-electron chi connectivity index (χ1n) is 8.60. The molecule has 1 aliphatic rings. The SMILES string of the molecule is O=C(C[C@H]1NC(=O)c2ccccc2NC1=O)Nc1cccc2ccccc12. The van der Waals surface area contributed by atoms with Crippen molar-refractivity contribution in [2.24, 2.45) is 0 Å². The van der Waals surface area contributed by atoms with Crippen LogP contribution in [0.15, 0.2) is 66.7 Å². The van der Waals surface area contributed by atoms with Crippen molar-refractivity contribution >= 4 is 39.9 Å². The molecular formula is C21H17N3O3. The van der Waals surface area contributed by atoms with E-state index < -0.39 is 11.9 Å². The predicted octanol–water partition coefficient (Wildman–Crippen LogP) is 2.92. The summed E-state index contributed by atoms with van der Waals surface area (Å²) in [6.07, 6.45) is -0.158. The van der Waals surface area contributed by atoms with Crippen LogP contribution in [0.25, 0.3) is 10.8 Å². The minimum absolute atomic E-state index is 0.158. The summed E-state index contributed by atoms with van der Waals surface area (Å²) in [5.74, 6) is -1.15. The van der Waals surface area contributed by atoms with Gasteiger partial charge in [0.25, 0.3) is 5.91 Å². The quantitative estimate of drug-likeness (QED) is 0.672. The van der Waals surface area contributed by atoms with Gasteiger partial charge in [-0.1, -0.05) is 48.5 Å². The van der Waals surface area contributed by atoms with Crippen LogP contribution in [-0.2, 0) is 9.59 Å². The lowest BCUT2D eigenvalue weighted by molar-refractivity contribution is -0.122. The molecule has 0 saturated carbocycles. The Hall–Kier alpha value is -3.67. The Kier molecular flexibility index (Phi) is 4.30. The zero-order valence-corrected chi connectivity index (χ0v) is 14.4. The normalized spacial score (nSPS) is 16.1. The number of carbonyl (C=O) groups is 3. The van der Waals surface area contributed by atoms with Gasteiger partial charge in [0.05, 0.1) is 17.7 Å². The number of fused-ring (bicyclic) bond motifs is 2. The van der Waals surface area contributed by atoms with Crippen LogP contribution in [0.2, 0.25) is 0 Å². The molecule has 1 atom stereocenters. The number of anilines is 2. The summed E-state index contributed by atoms with van der Waals surface area (Å²) >= 11 is 0. The molecular weight excluding hydrogens is 342 g/mol. The van der Waals surface area contributed by atoms with E-state index in [1.165, 1.54) is 0 Å². The van der Waals surface area contributed by atoms with Crippen molar-refractivity contribution in [2.75, 3.05) is 10.6 Å². The highest BCUT2D eigenvalue weighted by atomic mass is 16.2. The van der Waals surface area contributed by atoms with Crippen molar-refractivity contribution in [1.82, 2.24) is 5.32 Å². The molecule has 0 bridgehead atoms. The van der Waals surface area contributed by atoms with Gasteiger partial charge >= 0.3 is 0 Å². The summed E-state index contributed by atoms with van der Waals surface area (Å²) < 4.78 is 0. The van der Waals surface area contributed by atoms with E-state index in [2.05, 4.69) is 16.0 Å². The van der Waals surface area contributed by atoms with Gasteiger partial charge in [-0.15, -0.1) is 0 Å². The number of hydrogen-bond acceptors (Lipinski definition) is 3. The van der Waals surface area contributed by atoms with Crippen LogP contribution in [0, 0.1) is 0 Å². The fourth-order valence-corrected chi connectivity index (χ4v) is 3.18. The fourth-order valence-electron chi connectivity index (χ4n) is 3.18. The number of hydrogen-bond donors (Lipinski definition) is 3. The molecule has 3 aromatic carbocycles. The summed E-state index contributed by atoms with van der Waals surface area (Å²) in [5, 5.41) is 10.1. The summed E-state index contributed by atoms with van der Waals surface area (Å²) in [5.41, 5.74) is 1.49. The van der Waals surface area contributed by atoms with E-state index in [9.17, 15) is 14.4 Å². The van der Waals surface area contributed by atoms with Crippen LogP contribution in [0.5, 0.6) is 0 Å². The van der Waals surface area contributed by atoms with Crippen molar-refractivity contribution in [1.29, 1.82) is 0 Å². The molecule has 1 aliphatic heterocycles. The van der Waals surface area contributed by atoms with Crippen molar-refractivity contribution in [3.63, 3.8) is 0 Å². The van der Waals surface area contributed by atoms with Gasteiger partial charge in [-0.2, -0.15) is 0 Å². The molecule has 134 valence electrons. The van der Waals surface area contributed by atoms with Gasteiger partial charge in [0.15, 0.2) is 0 Å². The molecule has 3 aromatic rings. The molecule has 1 heterocycles. The van der Waals surface area contributed by atoms with Crippen LogP contribution in [-0.4, -0.2) is 23.8 Å². The zero-order chi connectivity index (χ0) is 18.8. The molecule has 0 fully saturated rings. The molecule has 0 spiro atoms. The van der Waals surface area contributed by atoms with E-state index in [1.807, 2.05) is 42.5 Å². The number of rotatable bonds is 3. The molecule has 0 unspecified atom stereocenters. The van der Waals surface area contributed by atoms with Gasteiger partial charge in [0.2, 0.25) is 11.8 Å². The van der Waals surface area contributed by atoms with Gasteiger partial charge < -0.3 is 16.0 Å². The smallest absolute Gasteiger partial charge is 0.254 e. The first kappa shape index (κ1) is 16.8. The van der Waals surface area contributed by atoms with Gasteiger partial charge in [0.1, 0.15) is 6.04 Å². The standard InChI is InChI=1S/C21H17N3O3/c25-19(22-16-11-5-7-13-6-1-2-8-14(13)16)12-18-21(27)23-17-10-4-3-9-15(17)20(26)24-18/h1-11,18H,12H2,(H,22,25)(H,23,27)(H,24,26)/t18-/m1/s1. The Bertz CT molecular complexity index is 1060. The highest BCUT2D eigenvalue weighted by Crippen LogP contribution is 2.23. The Labute approximate surface area is 155 Å². The maximum Gasteiger partial charge on any atom is 0.254 e. The number of carbonyl (C=O) groups excluding carboxylic acids is 3.